The quantitative estimate of drug-likeness (QED) is 0.856. The minimum atomic E-state index is -0.167. The Kier molecular flexibility index (Phi) is 3.93. The highest BCUT2D eigenvalue weighted by Crippen LogP contribution is 2.18. The average Bonchev–Trinajstić information content (AvgIpc) is 2.46. The van der Waals surface area contributed by atoms with E-state index in [1.54, 1.807) is 13.1 Å². The number of rotatable bonds is 2. The van der Waals surface area contributed by atoms with Gasteiger partial charge in [0.05, 0.1) is 5.56 Å². The number of hydrogen-bond acceptors (Lipinski definition) is 3. The molecule has 0 atom stereocenters. The SMILES string of the molecule is CN(C(=O)c1ccc(C#N)nc1)c1ccc(Br)cc1. The zero-order chi connectivity index (χ0) is 13.8. The van der Waals surface area contributed by atoms with Crippen LogP contribution in [0, 0.1) is 11.3 Å². The van der Waals surface area contributed by atoms with Crippen molar-refractivity contribution >= 4 is 27.5 Å². The van der Waals surface area contributed by atoms with Crippen LogP contribution in [0.15, 0.2) is 47.1 Å². The van der Waals surface area contributed by atoms with Gasteiger partial charge in [-0.15, -0.1) is 0 Å². The smallest absolute Gasteiger partial charge is 0.259 e. The molecular formula is C14H10BrN3O. The summed E-state index contributed by atoms with van der Waals surface area (Å²) < 4.78 is 0.956. The fourth-order valence-electron chi connectivity index (χ4n) is 1.56. The van der Waals surface area contributed by atoms with E-state index in [-0.39, 0.29) is 5.91 Å². The predicted octanol–water partition coefficient (Wildman–Crippen LogP) is 2.99. The normalized spacial score (nSPS) is 9.74. The number of carbonyl (C=O) groups is 1. The summed E-state index contributed by atoms with van der Waals surface area (Å²) in [5.74, 6) is -0.167. The largest absolute Gasteiger partial charge is 0.311 e. The second-order valence-electron chi connectivity index (χ2n) is 3.88. The van der Waals surface area contributed by atoms with Crippen molar-refractivity contribution in [3.63, 3.8) is 0 Å². The molecule has 1 amide bonds. The van der Waals surface area contributed by atoms with Crippen molar-refractivity contribution in [2.24, 2.45) is 0 Å². The summed E-state index contributed by atoms with van der Waals surface area (Å²) in [6, 6.07) is 12.5. The zero-order valence-electron chi connectivity index (χ0n) is 10.2. The van der Waals surface area contributed by atoms with Crippen LogP contribution in [0.25, 0.3) is 0 Å². The second-order valence-corrected chi connectivity index (χ2v) is 4.80. The third kappa shape index (κ3) is 2.98. The number of hydrogen-bond donors (Lipinski definition) is 0. The Hall–Kier alpha value is -2.19. The lowest BCUT2D eigenvalue weighted by atomic mass is 10.2. The van der Waals surface area contributed by atoms with Gasteiger partial charge in [0.25, 0.3) is 5.91 Å². The first-order chi connectivity index (χ1) is 9.11. The Morgan fingerprint density at radius 2 is 1.95 bits per heavy atom. The molecular weight excluding hydrogens is 306 g/mol. The molecule has 0 fully saturated rings. The molecule has 5 heteroatoms. The van der Waals surface area contributed by atoms with Crippen molar-refractivity contribution in [3.8, 4) is 6.07 Å². The Morgan fingerprint density at radius 3 is 2.47 bits per heavy atom. The topological polar surface area (TPSA) is 57.0 Å². The van der Waals surface area contributed by atoms with E-state index in [1.807, 2.05) is 30.3 Å². The van der Waals surface area contributed by atoms with Gasteiger partial charge < -0.3 is 4.90 Å². The lowest BCUT2D eigenvalue weighted by Crippen LogP contribution is -2.26. The number of pyridine rings is 1. The molecule has 4 nitrogen and oxygen atoms in total. The first-order valence-electron chi connectivity index (χ1n) is 5.51. The third-order valence-corrected chi connectivity index (χ3v) is 3.17. The summed E-state index contributed by atoms with van der Waals surface area (Å²) >= 11 is 3.35. The van der Waals surface area contributed by atoms with Gasteiger partial charge in [-0.3, -0.25) is 4.79 Å². The average molecular weight is 316 g/mol. The molecule has 0 radical (unpaired) electrons. The molecule has 2 aromatic rings. The van der Waals surface area contributed by atoms with Crippen molar-refractivity contribution in [3.05, 3.63) is 58.3 Å². The Balaban J connectivity index is 2.23. The monoisotopic (exact) mass is 315 g/mol. The van der Waals surface area contributed by atoms with Crippen LogP contribution >= 0.6 is 15.9 Å². The van der Waals surface area contributed by atoms with Gasteiger partial charge in [0.1, 0.15) is 11.8 Å². The first-order valence-corrected chi connectivity index (χ1v) is 6.31. The summed E-state index contributed by atoms with van der Waals surface area (Å²) in [6.45, 7) is 0. The van der Waals surface area contributed by atoms with Gasteiger partial charge in [0.15, 0.2) is 0 Å². The molecule has 1 aromatic carbocycles. The van der Waals surface area contributed by atoms with E-state index < -0.39 is 0 Å². The van der Waals surface area contributed by atoms with Crippen LogP contribution in [0.3, 0.4) is 0 Å². The van der Waals surface area contributed by atoms with Crippen LogP contribution in [-0.2, 0) is 0 Å². The van der Waals surface area contributed by atoms with Gasteiger partial charge in [0.2, 0.25) is 0 Å². The highest BCUT2D eigenvalue weighted by atomic mass is 79.9. The number of carbonyl (C=O) groups excluding carboxylic acids is 1. The fourth-order valence-corrected chi connectivity index (χ4v) is 1.83. The summed E-state index contributed by atoms with van der Waals surface area (Å²) in [5.41, 5.74) is 1.53. The lowest BCUT2D eigenvalue weighted by molar-refractivity contribution is 0.0992. The van der Waals surface area contributed by atoms with Crippen molar-refractivity contribution < 1.29 is 4.79 Å². The van der Waals surface area contributed by atoms with Gasteiger partial charge >= 0.3 is 0 Å². The number of anilines is 1. The summed E-state index contributed by atoms with van der Waals surface area (Å²) in [6.07, 6.45) is 1.41. The van der Waals surface area contributed by atoms with Gasteiger partial charge in [-0.2, -0.15) is 5.26 Å². The van der Waals surface area contributed by atoms with E-state index in [0.29, 0.717) is 11.3 Å². The summed E-state index contributed by atoms with van der Waals surface area (Å²) in [7, 11) is 1.70. The second kappa shape index (κ2) is 5.63. The standard InChI is InChI=1S/C14H10BrN3O/c1-18(13-6-3-11(15)4-7-13)14(19)10-2-5-12(8-16)17-9-10/h2-7,9H,1H3. The zero-order valence-corrected chi connectivity index (χ0v) is 11.8. The minimum absolute atomic E-state index is 0.167. The lowest BCUT2D eigenvalue weighted by Gasteiger charge is -2.17. The highest BCUT2D eigenvalue weighted by molar-refractivity contribution is 9.10. The Morgan fingerprint density at radius 1 is 1.26 bits per heavy atom. The van der Waals surface area contributed by atoms with E-state index in [0.717, 1.165) is 10.2 Å². The molecule has 0 aliphatic carbocycles. The van der Waals surface area contributed by atoms with Crippen LogP contribution in [0.1, 0.15) is 16.1 Å². The van der Waals surface area contributed by atoms with Crippen LogP contribution in [0.5, 0.6) is 0 Å². The summed E-state index contributed by atoms with van der Waals surface area (Å²) in [4.78, 5) is 17.7. The molecule has 0 aliphatic rings. The van der Waals surface area contributed by atoms with E-state index in [4.69, 9.17) is 5.26 Å². The first kappa shape index (κ1) is 13.2. The molecule has 0 unspecified atom stereocenters. The highest BCUT2D eigenvalue weighted by Gasteiger charge is 2.13. The van der Waals surface area contributed by atoms with Crippen LogP contribution in [0.2, 0.25) is 0 Å². The van der Waals surface area contributed by atoms with E-state index in [9.17, 15) is 4.79 Å². The van der Waals surface area contributed by atoms with Gasteiger partial charge in [-0.1, -0.05) is 15.9 Å². The number of nitrogens with zero attached hydrogens (tertiary/aromatic N) is 3. The number of halogens is 1. The third-order valence-electron chi connectivity index (χ3n) is 2.64. The molecule has 0 bridgehead atoms. The van der Waals surface area contributed by atoms with Crippen molar-refractivity contribution in [1.29, 1.82) is 5.26 Å². The number of nitriles is 1. The van der Waals surface area contributed by atoms with E-state index >= 15 is 0 Å². The Bertz CT molecular complexity index is 629. The number of amides is 1. The van der Waals surface area contributed by atoms with Gasteiger partial charge in [-0.05, 0) is 36.4 Å². The number of aromatic nitrogens is 1. The van der Waals surface area contributed by atoms with Crippen LogP contribution < -0.4 is 4.90 Å². The molecule has 94 valence electrons. The molecule has 2 rings (SSSR count). The van der Waals surface area contributed by atoms with E-state index in [1.165, 1.54) is 17.2 Å². The maximum atomic E-state index is 12.2. The van der Waals surface area contributed by atoms with E-state index in [2.05, 4.69) is 20.9 Å². The van der Waals surface area contributed by atoms with Crippen LogP contribution in [-0.4, -0.2) is 17.9 Å². The van der Waals surface area contributed by atoms with Crippen molar-refractivity contribution in [1.82, 2.24) is 4.98 Å². The maximum Gasteiger partial charge on any atom is 0.259 e. The molecule has 0 N–H and O–H groups in total. The maximum absolute atomic E-state index is 12.2. The predicted molar refractivity (Wildman–Crippen MR) is 75.8 cm³/mol. The molecule has 1 heterocycles. The molecule has 0 saturated carbocycles. The molecule has 0 spiro atoms. The summed E-state index contributed by atoms with van der Waals surface area (Å²) in [5, 5.41) is 8.67. The van der Waals surface area contributed by atoms with Crippen molar-refractivity contribution in [2.45, 2.75) is 0 Å². The van der Waals surface area contributed by atoms with Gasteiger partial charge in [0, 0.05) is 23.4 Å². The minimum Gasteiger partial charge on any atom is -0.311 e. The van der Waals surface area contributed by atoms with Crippen molar-refractivity contribution in [2.75, 3.05) is 11.9 Å². The number of benzene rings is 1. The van der Waals surface area contributed by atoms with Gasteiger partial charge in [-0.25, -0.2) is 4.98 Å². The molecule has 0 aliphatic heterocycles. The molecule has 1 aromatic heterocycles. The molecule has 19 heavy (non-hydrogen) atoms. The Labute approximate surface area is 119 Å². The van der Waals surface area contributed by atoms with Crippen LogP contribution in [0.4, 0.5) is 5.69 Å². The fraction of sp³-hybridized carbons (Fsp3) is 0.0714. The molecule has 0 saturated heterocycles.